The van der Waals surface area contributed by atoms with E-state index in [2.05, 4.69) is 34.2 Å². The van der Waals surface area contributed by atoms with Crippen LogP contribution < -0.4 is 15.1 Å². The average molecular weight is 1090 g/mol. The minimum absolute atomic E-state index is 0.0440. The van der Waals surface area contributed by atoms with Gasteiger partial charge in [-0.2, -0.15) is 0 Å². The number of amides is 2. The van der Waals surface area contributed by atoms with Gasteiger partial charge in [0.05, 0.1) is 25.7 Å². The van der Waals surface area contributed by atoms with E-state index in [0.29, 0.717) is 56.3 Å². The van der Waals surface area contributed by atoms with Crippen LogP contribution >= 0.6 is 15.9 Å². The molecule has 0 atom stereocenters. The van der Waals surface area contributed by atoms with Gasteiger partial charge in [-0.25, -0.2) is 0 Å². The van der Waals surface area contributed by atoms with Gasteiger partial charge in [-0.15, -0.1) is 0 Å². The lowest BCUT2D eigenvalue weighted by atomic mass is 9.88. The van der Waals surface area contributed by atoms with Crippen molar-refractivity contribution in [3.63, 3.8) is 0 Å². The number of para-hydroxylation sites is 2. The number of hydrogen-bond donors (Lipinski definition) is 4. The molecule has 2 saturated carbocycles. The standard InChI is InChI=1S/C28H31NO4.C24H28BrNO3.C4H5BO3.C3H8.H2O2/c1-21(30)8-3-2-6-18-32-27-10-5-4-9-24(27)20-29(25-16-17-25)28(31)23-14-12-22(13-15-23)26-11-7-19-33-26;1-18(27)7-3-2-6-16-29-23-9-5-4-8-20(23)17-26(22-14-15-22)24(28)19-10-12-21(25)13-11-19;6-5(7)4-2-1-3-8-4;1-3-2;1-2/h4-5,7,9-15,19,25H,2-3,6,8,16-18,20H2,1H3;4-5,8-13,22H,2-3,6-7,14-17H2,1H3;1-3,6-7H;3H2,1-2H3;1-2H. The Balaban J connectivity index is 0.000000264. The first-order valence-electron chi connectivity index (χ1n) is 25.9. The zero-order chi connectivity index (χ0) is 54.4. The van der Waals surface area contributed by atoms with Crippen molar-refractivity contribution in [3.05, 3.63) is 161 Å². The lowest BCUT2D eigenvalue weighted by molar-refractivity contribution is -0.176. The summed E-state index contributed by atoms with van der Waals surface area (Å²) in [4.78, 5) is 52.5. The van der Waals surface area contributed by atoms with Gasteiger partial charge in [0.1, 0.15) is 34.5 Å². The normalized spacial score (nSPS) is 12.1. The highest BCUT2D eigenvalue weighted by atomic mass is 79.9. The van der Waals surface area contributed by atoms with E-state index < -0.39 is 7.12 Å². The number of halogens is 1. The highest BCUT2D eigenvalue weighted by molar-refractivity contribution is 9.10. The maximum atomic E-state index is 13.4. The quantitative estimate of drug-likeness (QED) is 0.0194. The maximum Gasteiger partial charge on any atom is 0.526 e. The molecule has 0 bridgehead atoms. The van der Waals surface area contributed by atoms with Crippen molar-refractivity contribution in [1.82, 2.24) is 9.80 Å². The molecule has 2 aliphatic rings. The van der Waals surface area contributed by atoms with Gasteiger partial charge in [0.15, 0.2) is 0 Å². The molecule has 75 heavy (non-hydrogen) atoms. The minimum Gasteiger partial charge on any atom is -0.493 e. The lowest BCUT2D eigenvalue weighted by Gasteiger charge is -2.24. The van der Waals surface area contributed by atoms with Crippen molar-refractivity contribution in [2.75, 3.05) is 13.2 Å². The zero-order valence-electron chi connectivity index (χ0n) is 43.8. The molecule has 0 aliphatic heterocycles. The number of rotatable bonds is 24. The minimum atomic E-state index is -1.48. The van der Waals surface area contributed by atoms with E-state index in [1.54, 1.807) is 26.2 Å². The first-order valence-corrected chi connectivity index (χ1v) is 26.7. The third-order valence-corrected chi connectivity index (χ3v) is 12.3. The Hall–Kier alpha value is -6.30. The molecule has 8 rings (SSSR count). The van der Waals surface area contributed by atoms with Gasteiger partial charge in [-0.1, -0.05) is 84.7 Å². The number of ketones is 2. The third kappa shape index (κ3) is 22.6. The van der Waals surface area contributed by atoms with E-state index in [0.717, 1.165) is 103 Å². The van der Waals surface area contributed by atoms with Crippen molar-refractivity contribution in [1.29, 1.82) is 0 Å². The summed E-state index contributed by atoms with van der Waals surface area (Å²) >= 11 is 3.42. The van der Waals surface area contributed by atoms with Crippen molar-refractivity contribution in [3.8, 4) is 22.8 Å². The predicted molar refractivity (Wildman–Crippen MR) is 296 cm³/mol. The summed E-state index contributed by atoms with van der Waals surface area (Å²) in [6.45, 7) is 9.84. The fraction of sp³-hybridized carbons (Fsp3) is 0.390. The van der Waals surface area contributed by atoms with Gasteiger partial charge in [-0.3, -0.25) is 20.1 Å². The number of unbranched alkanes of at least 4 members (excludes halogenated alkanes) is 4. The number of benzene rings is 4. The smallest absolute Gasteiger partial charge is 0.493 e. The lowest BCUT2D eigenvalue weighted by Crippen LogP contribution is -2.32. The second-order valence-electron chi connectivity index (χ2n) is 18.4. The van der Waals surface area contributed by atoms with Crippen LogP contribution in [0.5, 0.6) is 11.5 Å². The Morgan fingerprint density at radius 2 is 1.00 bits per heavy atom. The van der Waals surface area contributed by atoms with Crippen LogP contribution in [0.2, 0.25) is 0 Å². The fourth-order valence-electron chi connectivity index (χ4n) is 7.68. The monoisotopic (exact) mass is 1090 g/mol. The first-order chi connectivity index (χ1) is 36.4. The summed E-state index contributed by atoms with van der Waals surface area (Å²) in [5.41, 5.74) is 4.58. The molecular weight excluding hydrogens is 1020 g/mol. The average Bonchev–Trinajstić information content (AvgIpc) is 4.32. The number of hydrogen-bond acceptors (Lipinski definition) is 12. The van der Waals surface area contributed by atoms with E-state index >= 15 is 0 Å². The van der Waals surface area contributed by atoms with Crippen molar-refractivity contribution in [2.24, 2.45) is 0 Å². The van der Waals surface area contributed by atoms with Crippen LogP contribution in [0.4, 0.5) is 0 Å². The Morgan fingerprint density at radius 3 is 1.37 bits per heavy atom. The number of Topliss-reactive ketones (excluding diaryl/α,β-unsaturated/α-hetero) is 2. The largest absolute Gasteiger partial charge is 0.526 e. The molecule has 0 unspecified atom stereocenters. The molecule has 2 amide bonds. The molecule has 16 heteroatoms. The summed E-state index contributed by atoms with van der Waals surface area (Å²) in [6, 6.07) is 38.5. The van der Waals surface area contributed by atoms with E-state index in [-0.39, 0.29) is 35.1 Å². The van der Waals surface area contributed by atoms with Gasteiger partial charge in [0.25, 0.3) is 11.8 Å². The van der Waals surface area contributed by atoms with E-state index in [9.17, 15) is 19.2 Å². The Labute approximate surface area is 450 Å². The summed E-state index contributed by atoms with van der Waals surface area (Å²) < 4.78 is 23.1. The second kappa shape index (κ2) is 34.3. The fourth-order valence-corrected chi connectivity index (χ4v) is 7.94. The van der Waals surface area contributed by atoms with Crippen LogP contribution in [0.1, 0.15) is 143 Å². The SMILES string of the molecule is CC(=O)CCCCCOc1ccccc1CN(C(=O)c1ccc(-c2ccco2)cc1)C1CC1.CC(=O)CCCCCOc1ccccc1CN(C(=O)c1ccc(Br)cc1)C1CC1.CCC.OB(O)c1ccco1.OO. The van der Waals surface area contributed by atoms with Crippen LogP contribution in [0, 0.1) is 0 Å². The Bertz CT molecular complexity index is 2550. The molecule has 402 valence electrons. The molecule has 0 saturated heterocycles. The van der Waals surface area contributed by atoms with E-state index in [1.165, 1.54) is 18.8 Å². The first kappa shape index (κ1) is 61.3. The molecule has 2 fully saturated rings. The van der Waals surface area contributed by atoms with Crippen LogP contribution in [0.3, 0.4) is 0 Å². The summed E-state index contributed by atoms with van der Waals surface area (Å²) in [7, 11) is -1.48. The molecule has 0 spiro atoms. The summed E-state index contributed by atoms with van der Waals surface area (Å²) in [6.07, 6.45) is 15.4. The van der Waals surface area contributed by atoms with Crippen LogP contribution in [-0.2, 0) is 22.7 Å². The van der Waals surface area contributed by atoms with Gasteiger partial charge in [0.2, 0.25) is 0 Å². The number of furan rings is 2. The molecule has 6 aromatic rings. The van der Waals surface area contributed by atoms with E-state index in [1.807, 2.05) is 119 Å². The molecule has 4 aromatic carbocycles. The molecule has 2 aromatic heterocycles. The van der Waals surface area contributed by atoms with Gasteiger partial charge in [0, 0.05) is 70.3 Å². The van der Waals surface area contributed by atoms with E-state index in [4.69, 9.17) is 34.5 Å². The molecule has 4 N–H and O–H groups in total. The van der Waals surface area contributed by atoms with Crippen LogP contribution in [-0.4, -0.2) is 86.2 Å². The number of carbonyl (C=O) groups is 4. The number of carbonyl (C=O) groups excluding carboxylic acids is 4. The van der Waals surface area contributed by atoms with Crippen molar-refractivity contribution >= 4 is 52.1 Å². The molecular formula is C59H74BBrN2O12. The van der Waals surface area contributed by atoms with Crippen LogP contribution in [0.25, 0.3) is 11.3 Å². The Morgan fingerprint density at radius 1 is 0.573 bits per heavy atom. The van der Waals surface area contributed by atoms with Crippen molar-refractivity contribution < 1.29 is 58.0 Å². The second-order valence-corrected chi connectivity index (χ2v) is 19.3. The number of nitrogens with zero attached hydrogens (tertiary/aromatic N) is 2. The Kier molecular flexibility index (Phi) is 28.0. The van der Waals surface area contributed by atoms with Gasteiger partial charge in [-0.05, 0) is 151 Å². The predicted octanol–water partition coefficient (Wildman–Crippen LogP) is 12.5. The molecule has 14 nitrogen and oxygen atoms in total. The summed E-state index contributed by atoms with van der Waals surface area (Å²) in [5.74, 6) is 3.06. The van der Waals surface area contributed by atoms with Crippen LogP contribution in [0.15, 0.2) is 147 Å². The highest BCUT2D eigenvalue weighted by Crippen LogP contribution is 2.34. The number of ether oxygens (including phenoxy) is 2. The highest BCUT2D eigenvalue weighted by Gasteiger charge is 2.35. The maximum absolute atomic E-state index is 13.4. The van der Waals surface area contributed by atoms with Crippen molar-refractivity contribution in [2.45, 2.75) is 136 Å². The van der Waals surface area contributed by atoms with Gasteiger partial charge >= 0.3 is 7.12 Å². The summed E-state index contributed by atoms with van der Waals surface area (Å²) in [5, 5.41) is 28.7. The third-order valence-electron chi connectivity index (χ3n) is 11.8. The van der Waals surface area contributed by atoms with Gasteiger partial charge < -0.3 is 47.7 Å². The molecule has 0 radical (unpaired) electrons. The topological polar surface area (TPSA) is 200 Å². The molecule has 2 aliphatic carbocycles. The zero-order valence-corrected chi connectivity index (χ0v) is 45.4. The molecule has 2 heterocycles.